The normalized spacial score (nSPS) is 11.0. The van der Waals surface area contributed by atoms with Crippen molar-refractivity contribution in [2.45, 2.75) is 26.6 Å². The summed E-state index contributed by atoms with van der Waals surface area (Å²) < 4.78 is 3.87. The van der Waals surface area contributed by atoms with E-state index in [1.54, 1.807) is 12.3 Å². The van der Waals surface area contributed by atoms with Gasteiger partial charge in [0.1, 0.15) is 5.82 Å². The number of aryl methyl sites for hydroxylation is 1. The third-order valence-corrected chi connectivity index (χ3v) is 4.43. The first-order valence-corrected chi connectivity index (χ1v) is 9.19. The van der Waals surface area contributed by atoms with Gasteiger partial charge >= 0.3 is 0 Å². The number of benzene rings is 1. The maximum absolute atomic E-state index is 4.73. The molecule has 1 aromatic carbocycles. The molecule has 29 heavy (non-hydrogen) atoms. The van der Waals surface area contributed by atoms with E-state index < -0.39 is 0 Å². The van der Waals surface area contributed by atoms with Crippen LogP contribution in [0.15, 0.2) is 60.4 Å². The second-order valence-corrected chi connectivity index (χ2v) is 6.38. The highest BCUT2D eigenvalue weighted by atomic mass is 127. The number of aliphatic imine (C=N–C) groups is 1. The van der Waals surface area contributed by atoms with Crippen LogP contribution in [0.25, 0.3) is 0 Å². The molecular formula is C20H27IN8. The summed E-state index contributed by atoms with van der Waals surface area (Å²) in [5.41, 5.74) is 2.36. The molecule has 0 saturated heterocycles. The van der Waals surface area contributed by atoms with Crippen LogP contribution in [-0.4, -0.2) is 37.0 Å². The van der Waals surface area contributed by atoms with Gasteiger partial charge in [0.05, 0.1) is 19.6 Å². The molecule has 2 aromatic heterocycles. The van der Waals surface area contributed by atoms with Crippen LogP contribution in [0.2, 0.25) is 0 Å². The molecule has 2 N–H and O–H groups in total. The SMILES string of the molecule is C=CCNC(=NCc1ccccc1Cn1cccn1)NCc1nnc(C)n1C.I. The van der Waals surface area contributed by atoms with Gasteiger partial charge < -0.3 is 15.2 Å². The Kier molecular flexibility index (Phi) is 8.84. The first kappa shape index (κ1) is 22.6. The predicted molar refractivity (Wildman–Crippen MR) is 125 cm³/mol. The number of halogens is 1. The molecule has 0 saturated carbocycles. The van der Waals surface area contributed by atoms with Crippen molar-refractivity contribution in [2.24, 2.45) is 12.0 Å². The van der Waals surface area contributed by atoms with Crippen molar-refractivity contribution < 1.29 is 0 Å². The van der Waals surface area contributed by atoms with Crippen molar-refractivity contribution >= 4 is 29.9 Å². The van der Waals surface area contributed by atoms with Crippen LogP contribution in [0.3, 0.4) is 0 Å². The number of guanidine groups is 1. The van der Waals surface area contributed by atoms with Crippen LogP contribution in [0, 0.1) is 6.92 Å². The highest BCUT2D eigenvalue weighted by Gasteiger charge is 2.07. The Hall–Kier alpha value is -2.69. The molecule has 0 spiro atoms. The first-order chi connectivity index (χ1) is 13.7. The van der Waals surface area contributed by atoms with Crippen molar-refractivity contribution in [3.8, 4) is 0 Å². The lowest BCUT2D eigenvalue weighted by Gasteiger charge is -2.12. The number of aromatic nitrogens is 5. The molecule has 0 radical (unpaired) electrons. The first-order valence-electron chi connectivity index (χ1n) is 9.19. The number of nitrogens with one attached hydrogen (secondary N) is 2. The number of hydrogen-bond donors (Lipinski definition) is 2. The van der Waals surface area contributed by atoms with E-state index in [1.807, 2.05) is 47.6 Å². The van der Waals surface area contributed by atoms with Gasteiger partial charge in [0.15, 0.2) is 11.8 Å². The van der Waals surface area contributed by atoms with E-state index in [-0.39, 0.29) is 24.0 Å². The fourth-order valence-electron chi connectivity index (χ4n) is 2.71. The van der Waals surface area contributed by atoms with Crippen LogP contribution in [-0.2, 0) is 26.7 Å². The lowest BCUT2D eigenvalue weighted by molar-refractivity contribution is 0.680. The fraction of sp³-hybridized carbons (Fsp3) is 0.300. The van der Waals surface area contributed by atoms with Gasteiger partial charge in [-0.25, -0.2) is 4.99 Å². The summed E-state index contributed by atoms with van der Waals surface area (Å²) in [5.74, 6) is 2.43. The van der Waals surface area contributed by atoms with Crippen LogP contribution in [0.1, 0.15) is 22.8 Å². The third kappa shape index (κ3) is 6.41. The molecule has 0 bridgehead atoms. The Balaban J connectivity index is 0.00000300. The van der Waals surface area contributed by atoms with Gasteiger partial charge in [0.2, 0.25) is 0 Å². The molecule has 3 aromatic rings. The minimum Gasteiger partial charge on any atom is -0.353 e. The summed E-state index contributed by atoms with van der Waals surface area (Å²) in [7, 11) is 1.95. The van der Waals surface area contributed by atoms with Gasteiger partial charge in [-0.2, -0.15) is 5.10 Å². The molecule has 0 amide bonds. The zero-order chi connectivity index (χ0) is 19.8. The van der Waals surface area contributed by atoms with Crippen molar-refractivity contribution in [3.05, 3.63) is 78.2 Å². The van der Waals surface area contributed by atoms with E-state index >= 15 is 0 Å². The molecule has 0 aliphatic rings. The molecule has 0 aliphatic heterocycles. The minimum atomic E-state index is 0. The van der Waals surface area contributed by atoms with Gasteiger partial charge in [-0.1, -0.05) is 30.3 Å². The van der Waals surface area contributed by atoms with Gasteiger partial charge in [0.25, 0.3) is 0 Å². The molecular weight excluding hydrogens is 479 g/mol. The van der Waals surface area contributed by atoms with Gasteiger partial charge in [0, 0.05) is 26.0 Å². The van der Waals surface area contributed by atoms with E-state index in [2.05, 4.69) is 44.6 Å². The number of hydrogen-bond acceptors (Lipinski definition) is 4. The minimum absolute atomic E-state index is 0. The molecule has 2 heterocycles. The van der Waals surface area contributed by atoms with E-state index in [1.165, 1.54) is 5.56 Å². The molecule has 154 valence electrons. The van der Waals surface area contributed by atoms with Crippen molar-refractivity contribution in [2.75, 3.05) is 6.54 Å². The lowest BCUT2D eigenvalue weighted by atomic mass is 10.1. The average Bonchev–Trinajstić information content (AvgIpc) is 3.33. The second kappa shape index (κ2) is 11.3. The average molecular weight is 506 g/mol. The molecule has 0 fully saturated rings. The lowest BCUT2D eigenvalue weighted by Crippen LogP contribution is -2.37. The zero-order valence-electron chi connectivity index (χ0n) is 16.7. The predicted octanol–water partition coefficient (Wildman–Crippen LogP) is 2.41. The molecule has 0 aliphatic carbocycles. The van der Waals surface area contributed by atoms with Gasteiger partial charge in [-0.15, -0.1) is 40.8 Å². The summed E-state index contributed by atoms with van der Waals surface area (Å²) in [6.45, 7) is 8.13. The summed E-state index contributed by atoms with van der Waals surface area (Å²) in [5, 5.41) is 19.1. The van der Waals surface area contributed by atoms with Crippen molar-refractivity contribution in [1.29, 1.82) is 0 Å². The van der Waals surface area contributed by atoms with E-state index in [9.17, 15) is 0 Å². The van der Waals surface area contributed by atoms with Crippen LogP contribution in [0.5, 0.6) is 0 Å². The van der Waals surface area contributed by atoms with Gasteiger partial charge in [-0.3, -0.25) is 4.68 Å². The highest BCUT2D eigenvalue weighted by Crippen LogP contribution is 2.11. The molecule has 8 nitrogen and oxygen atoms in total. The van der Waals surface area contributed by atoms with E-state index in [0.29, 0.717) is 25.6 Å². The standard InChI is InChI=1S/C20H26N8.HI/c1-4-10-21-20(23-14-19-26-25-16(2)27(19)3)22-13-17-8-5-6-9-18(17)15-28-12-7-11-24-28;/h4-9,11-12H,1,10,13-15H2,2-3H3,(H2,21,22,23);1H. The number of rotatable bonds is 8. The molecule has 0 atom stereocenters. The smallest absolute Gasteiger partial charge is 0.192 e. The van der Waals surface area contributed by atoms with Crippen LogP contribution in [0.4, 0.5) is 0 Å². The molecule has 3 rings (SSSR count). The van der Waals surface area contributed by atoms with Crippen molar-refractivity contribution in [3.63, 3.8) is 0 Å². The van der Waals surface area contributed by atoms with E-state index in [0.717, 1.165) is 23.8 Å². The monoisotopic (exact) mass is 506 g/mol. The Labute approximate surface area is 188 Å². The Morgan fingerprint density at radius 1 is 1.17 bits per heavy atom. The quantitative estimate of drug-likeness (QED) is 0.212. The Morgan fingerprint density at radius 2 is 1.97 bits per heavy atom. The summed E-state index contributed by atoms with van der Waals surface area (Å²) in [6.07, 6.45) is 5.55. The summed E-state index contributed by atoms with van der Waals surface area (Å²) in [6, 6.07) is 10.2. The topological polar surface area (TPSA) is 84.9 Å². The molecule has 9 heteroatoms. The maximum atomic E-state index is 4.73. The number of nitrogens with zero attached hydrogens (tertiary/aromatic N) is 6. The summed E-state index contributed by atoms with van der Waals surface area (Å²) in [4.78, 5) is 4.73. The van der Waals surface area contributed by atoms with Crippen LogP contribution < -0.4 is 10.6 Å². The Morgan fingerprint density at radius 3 is 2.62 bits per heavy atom. The second-order valence-electron chi connectivity index (χ2n) is 6.38. The fourth-order valence-corrected chi connectivity index (χ4v) is 2.71. The maximum Gasteiger partial charge on any atom is 0.192 e. The zero-order valence-corrected chi connectivity index (χ0v) is 19.1. The summed E-state index contributed by atoms with van der Waals surface area (Å²) >= 11 is 0. The van der Waals surface area contributed by atoms with Crippen molar-refractivity contribution in [1.82, 2.24) is 35.2 Å². The van der Waals surface area contributed by atoms with Crippen LogP contribution >= 0.6 is 24.0 Å². The van der Waals surface area contributed by atoms with E-state index in [4.69, 9.17) is 4.99 Å². The molecule has 0 unspecified atom stereocenters. The highest BCUT2D eigenvalue weighted by molar-refractivity contribution is 14.0. The largest absolute Gasteiger partial charge is 0.353 e. The van der Waals surface area contributed by atoms with Gasteiger partial charge in [-0.05, 0) is 24.1 Å². The Bertz CT molecular complexity index is 930. The third-order valence-electron chi connectivity index (χ3n) is 4.43.